The molecule has 1 unspecified atom stereocenters. The number of benzene rings is 1. The summed E-state index contributed by atoms with van der Waals surface area (Å²) in [5.41, 5.74) is 1.87. The largest absolute Gasteiger partial charge is 0.341 e. The number of aryl methyl sites for hydroxylation is 1. The molecule has 104 valence electrons. The highest BCUT2D eigenvalue weighted by molar-refractivity contribution is 9.10. The quantitative estimate of drug-likeness (QED) is 0.927. The molecule has 1 fully saturated rings. The Morgan fingerprint density at radius 3 is 3.00 bits per heavy atom. The van der Waals surface area contributed by atoms with Gasteiger partial charge in [0, 0.05) is 18.1 Å². The maximum atomic E-state index is 12.5. The number of piperidine rings is 1. The summed E-state index contributed by atoms with van der Waals surface area (Å²) in [6.07, 6.45) is 2.42. The fourth-order valence-corrected chi connectivity index (χ4v) is 2.97. The SMILES string of the molecule is Cc1ccc(Br)c(C(=O)N(C)CC2CCCNC2)c1. The van der Waals surface area contributed by atoms with Crippen LogP contribution in [0.4, 0.5) is 0 Å². The second-order valence-corrected chi connectivity index (χ2v) is 6.24. The van der Waals surface area contributed by atoms with Crippen molar-refractivity contribution in [3.8, 4) is 0 Å². The van der Waals surface area contributed by atoms with Crippen LogP contribution in [0.3, 0.4) is 0 Å². The average Bonchev–Trinajstić information content (AvgIpc) is 2.42. The number of nitrogens with one attached hydrogen (secondary N) is 1. The fraction of sp³-hybridized carbons (Fsp3) is 0.533. The summed E-state index contributed by atoms with van der Waals surface area (Å²) in [5, 5.41) is 3.39. The zero-order chi connectivity index (χ0) is 13.8. The summed E-state index contributed by atoms with van der Waals surface area (Å²) >= 11 is 3.46. The van der Waals surface area contributed by atoms with E-state index in [0.717, 1.165) is 35.2 Å². The second-order valence-electron chi connectivity index (χ2n) is 5.38. The van der Waals surface area contributed by atoms with E-state index in [1.54, 1.807) is 0 Å². The number of hydrogen-bond donors (Lipinski definition) is 1. The van der Waals surface area contributed by atoms with E-state index in [1.165, 1.54) is 12.8 Å². The van der Waals surface area contributed by atoms with Gasteiger partial charge in [-0.15, -0.1) is 0 Å². The molecule has 1 N–H and O–H groups in total. The third kappa shape index (κ3) is 3.80. The van der Waals surface area contributed by atoms with Crippen molar-refractivity contribution < 1.29 is 4.79 Å². The van der Waals surface area contributed by atoms with Crippen molar-refractivity contribution in [2.75, 3.05) is 26.7 Å². The number of halogens is 1. The smallest absolute Gasteiger partial charge is 0.254 e. The first-order chi connectivity index (χ1) is 9.08. The van der Waals surface area contributed by atoms with E-state index in [2.05, 4.69) is 21.2 Å². The molecular formula is C15H21BrN2O. The topological polar surface area (TPSA) is 32.3 Å². The number of hydrogen-bond acceptors (Lipinski definition) is 2. The minimum absolute atomic E-state index is 0.0983. The van der Waals surface area contributed by atoms with Crippen LogP contribution in [0.5, 0.6) is 0 Å². The molecule has 0 aliphatic carbocycles. The van der Waals surface area contributed by atoms with E-state index in [-0.39, 0.29) is 5.91 Å². The lowest BCUT2D eigenvalue weighted by Gasteiger charge is -2.28. The number of rotatable bonds is 3. The van der Waals surface area contributed by atoms with Gasteiger partial charge in [-0.1, -0.05) is 11.6 Å². The molecule has 1 aromatic carbocycles. The molecule has 0 radical (unpaired) electrons. The highest BCUT2D eigenvalue weighted by Crippen LogP contribution is 2.20. The molecule has 19 heavy (non-hydrogen) atoms. The first kappa shape index (κ1) is 14.5. The Labute approximate surface area is 123 Å². The lowest BCUT2D eigenvalue weighted by molar-refractivity contribution is 0.0763. The highest BCUT2D eigenvalue weighted by atomic mass is 79.9. The normalized spacial score (nSPS) is 19.2. The van der Waals surface area contributed by atoms with E-state index in [1.807, 2.05) is 37.1 Å². The summed E-state index contributed by atoms with van der Waals surface area (Å²) in [4.78, 5) is 14.3. The van der Waals surface area contributed by atoms with Crippen LogP contribution in [0.2, 0.25) is 0 Å². The molecule has 1 aromatic rings. The van der Waals surface area contributed by atoms with Gasteiger partial charge in [-0.05, 0) is 66.8 Å². The van der Waals surface area contributed by atoms with Crippen molar-refractivity contribution in [3.63, 3.8) is 0 Å². The van der Waals surface area contributed by atoms with Crippen LogP contribution in [0.25, 0.3) is 0 Å². The Morgan fingerprint density at radius 1 is 1.53 bits per heavy atom. The lowest BCUT2D eigenvalue weighted by atomic mass is 9.99. The molecule has 1 amide bonds. The maximum Gasteiger partial charge on any atom is 0.254 e. The summed E-state index contributed by atoms with van der Waals surface area (Å²) in [7, 11) is 1.89. The zero-order valence-corrected chi connectivity index (χ0v) is 13.2. The standard InChI is InChI=1S/C15H21BrN2O/c1-11-5-6-14(16)13(8-11)15(19)18(2)10-12-4-3-7-17-9-12/h5-6,8,12,17H,3-4,7,9-10H2,1-2H3. The Hall–Kier alpha value is -0.870. The van der Waals surface area contributed by atoms with E-state index in [0.29, 0.717) is 5.92 Å². The van der Waals surface area contributed by atoms with Crippen LogP contribution in [0, 0.1) is 12.8 Å². The molecule has 0 bridgehead atoms. The van der Waals surface area contributed by atoms with Gasteiger partial charge in [-0.3, -0.25) is 4.79 Å². The molecule has 1 heterocycles. The van der Waals surface area contributed by atoms with Crippen LogP contribution in [-0.2, 0) is 0 Å². The van der Waals surface area contributed by atoms with Crippen LogP contribution < -0.4 is 5.32 Å². The molecule has 0 spiro atoms. The first-order valence-corrected chi connectivity index (χ1v) is 7.59. The van der Waals surface area contributed by atoms with Gasteiger partial charge in [0.25, 0.3) is 5.91 Å². The first-order valence-electron chi connectivity index (χ1n) is 6.80. The van der Waals surface area contributed by atoms with Gasteiger partial charge in [0.05, 0.1) is 5.56 Å². The van der Waals surface area contributed by atoms with Crippen molar-refractivity contribution in [3.05, 3.63) is 33.8 Å². The van der Waals surface area contributed by atoms with Crippen LogP contribution >= 0.6 is 15.9 Å². The fourth-order valence-electron chi connectivity index (χ4n) is 2.56. The van der Waals surface area contributed by atoms with Crippen molar-refractivity contribution in [2.24, 2.45) is 5.92 Å². The minimum atomic E-state index is 0.0983. The monoisotopic (exact) mass is 324 g/mol. The van der Waals surface area contributed by atoms with Crippen molar-refractivity contribution in [1.82, 2.24) is 10.2 Å². The van der Waals surface area contributed by atoms with Gasteiger partial charge >= 0.3 is 0 Å². The molecule has 0 saturated carbocycles. The molecule has 3 nitrogen and oxygen atoms in total. The molecule has 4 heteroatoms. The number of nitrogens with zero attached hydrogens (tertiary/aromatic N) is 1. The van der Waals surface area contributed by atoms with Gasteiger partial charge in [0.15, 0.2) is 0 Å². The molecule has 1 aliphatic rings. The van der Waals surface area contributed by atoms with E-state index in [9.17, 15) is 4.79 Å². The Balaban J connectivity index is 2.03. The summed E-state index contributed by atoms with van der Waals surface area (Å²) in [6.45, 7) is 4.96. The third-order valence-corrected chi connectivity index (χ3v) is 4.32. The predicted molar refractivity (Wildman–Crippen MR) is 81.4 cm³/mol. The summed E-state index contributed by atoms with van der Waals surface area (Å²) < 4.78 is 0.872. The van der Waals surface area contributed by atoms with Gasteiger partial charge < -0.3 is 10.2 Å². The van der Waals surface area contributed by atoms with Crippen LogP contribution in [0.1, 0.15) is 28.8 Å². The van der Waals surface area contributed by atoms with Gasteiger partial charge in [0.2, 0.25) is 0 Å². The van der Waals surface area contributed by atoms with Gasteiger partial charge in [-0.2, -0.15) is 0 Å². The molecule has 2 rings (SSSR count). The minimum Gasteiger partial charge on any atom is -0.341 e. The van der Waals surface area contributed by atoms with Crippen molar-refractivity contribution >= 4 is 21.8 Å². The summed E-state index contributed by atoms with van der Waals surface area (Å²) in [5.74, 6) is 0.674. The Morgan fingerprint density at radius 2 is 2.32 bits per heavy atom. The molecular weight excluding hydrogens is 304 g/mol. The van der Waals surface area contributed by atoms with E-state index in [4.69, 9.17) is 0 Å². The van der Waals surface area contributed by atoms with Crippen LogP contribution in [-0.4, -0.2) is 37.5 Å². The van der Waals surface area contributed by atoms with Gasteiger partial charge in [0.1, 0.15) is 0 Å². The number of amides is 1. The third-order valence-electron chi connectivity index (χ3n) is 3.63. The van der Waals surface area contributed by atoms with E-state index < -0.39 is 0 Å². The second kappa shape index (κ2) is 6.53. The predicted octanol–water partition coefficient (Wildman–Crippen LogP) is 2.83. The number of carbonyl (C=O) groups excluding carboxylic acids is 1. The highest BCUT2D eigenvalue weighted by Gasteiger charge is 2.20. The maximum absolute atomic E-state index is 12.5. The van der Waals surface area contributed by atoms with Gasteiger partial charge in [-0.25, -0.2) is 0 Å². The lowest BCUT2D eigenvalue weighted by Crippen LogP contribution is -2.39. The Bertz CT molecular complexity index is 455. The molecule has 1 aliphatic heterocycles. The van der Waals surface area contributed by atoms with E-state index >= 15 is 0 Å². The molecule has 1 atom stereocenters. The van der Waals surface area contributed by atoms with Crippen molar-refractivity contribution in [1.29, 1.82) is 0 Å². The molecule has 1 saturated heterocycles. The zero-order valence-electron chi connectivity index (χ0n) is 11.6. The summed E-state index contributed by atoms with van der Waals surface area (Å²) in [6, 6.07) is 5.90. The Kier molecular flexibility index (Phi) is 4.99. The molecule has 0 aromatic heterocycles. The van der Waals surface area contributed by atoms with Crippen molar-refractivity contribution in [2.45, 2.75) is 19.8 Å². The average molecular weight is 325 g/mol. The van der Waals surface area contributed by atoms with Crippen LogP contribution in [0.15, 0.2) is 22.7 Å². The number of carbonyl (C=O) groups is 1.